The summed E-state index contributed by atoms with van der Waals surface area (Å²) < 4.78 is 34.0. The number of fused-ring (bicyclic) bond motifs is 1. The van der Waals surface area contributed by atoms with Gasteiger partial charge in [-0.1, -0.05) is 48.0 Å². The molecule has 4 aromatic carbocycles. The fourth-order valence-electron chi connectivity index (χ4n) is 3.85. The molecule has 0 heterocycles. The maximum absolute atomic E-state index is 12.9. The fraction of sp³-hybridized carbons (Fsp3) is 0.148. The minimum atomic E-state index is -3.77. The molecule has 0 atom stereocenters. The van der Waals surface area contributed by atoms with Crippen molar-refractivity contribution in [3.05, 3.63) is 95.6 Å². The highest BCUT2D eigenvalue weighted by Crippen LogP contribution is 2.26. The number of anilines is 2. The van der Waals surface area contributed by atoms with Crippen molar-refractivity contribution in [1.29, 1.82) is 0 Å². The molecule has 0 aliphatic carbocycles. The summed E-state index contributed by atoms with van der Waals surface area (Å²) in [5.74, 6) is 0.260. The summed E-state index contributed by atoms with van der Waals surface area (Å²) in [5.41, 5.74) is 3.85. The van der Waals surface area contributed by atoms with E-state index in [1.54, 1.807) is 12.1 Å². The molecule has 1 amide bonds. The fourth-order valence-corrected chi connectivity index (χ4v) is 5.06. The van der Waals surface area contributed by atoms with Crippen molar-refractivity contribution in [1.82, 2.24) is 0 Å². The van der Waals surface area contributed by atoms with Gasteiger partial charge >= 0.3 is 0 Å². The maximum Gasteiger partial charge on any atom is 0.262 e. The standard InChI is InChI=1S/C27H26N2O4S/c1-18-14-19(2)27(20(3)15-18)29-34(31,32)25-12-9-23(10-13-25)28-26(30)17-33-24-11-8-21-6-4-5-7-22(21)16-24/h4-16,29H,17H2,1-3H3,(H,28,30). The van der Waals surface area contributed by atoms with Crippen molar-refractivity contribution in [3.63, 3.8) is 0 Å². The number of ether oxygens (including phenoxy) is 1. The van der Waals surface area contributed by atoms with Gasteiger partial charge in [-0.25, -0.2) is 8.42 Å². The van der Waals surface area contributed by atoms with Gasteiger partial charge in [0.2, 0.25) is 0 Å². The lowest BCUT2D eigenvalue weighted by Crippen LogP contribution is -2.20. The van der Waals surface area contributed by atoms with Crippen LogP contribution in [0.4, 0.5) is 11.4 Å². The molecule has 0 aliphatic rings. The third-order valence-corrected chi connectivity index (χ3v) is 6.82. The van der Waals surface area contributed by atoms with E-state index in [0.717, 1.165) is 27.5 Å². The molecule has 174 valence electrons. The van der Waals surface area contributed by atoms with Gasteiger partial charge < -0.3 is 10.1 Å². The number of benzene rings is 4. The Morgan fingerprint density at radius 1 is 0.824 bits per heavy atom. The molecule has 0 saturated heterocycles. The number of carbonyl (C=O) groups excluding carboxylic acids is 1. The zero-order valence-corrected chi connectivity index (χ0v) is 20.1. The Labute approximate surface area is 199 Å². The number of carbonyl (C=O) groups is 1. The van der Waals surface area contributed by atoms with Crippen LogP contribution in [0, 0.1) is 20.8 Å². The van der Waals surface area contributed by atoms with Gasteiger partial charge in [-0.3, -0.25) is 9.52 Å². The summed E-state index contributed by atoms with van der Waals surface area (Å²) in [6.07, 6.45) is 0. The molecule has 2 N–H and O–H groups in total. The zero-order valence-electron chi connectivity index (χ0n) is 19.3. The summed E-state index contributed by atoms with van der Waals surface area (Å²) in [6.45, 7) is 5.55. The predicted molar refractivity (Wildman–Crippen MR) is 136 cm³/mol. The normalized spacial score (nSPS) is 11.3. The minimum Gasteiger partial charge on any atom is -0.484 e. The van der Waals surface area contributed by atoms with E-state index < -0.39 is 10.0 Å². The van der Waals surface area contributed by atoms with Gasteiger partial charge in [-0.15, -0.1) is 0 Å². The molecular weight excluding hydrogens is 448 g/mol. The molecule has 7 heteroatoms. The first-order chi connectivity index (χ1) is 16.2. The van der Waals surface area contributed by atoms with Crippen molar-refractivity contribution in [2.75, 3.05) is 16.6 Å². The van der Waals surface area contributed by atoms with Gasteiger partial charge in [0.1, 0.15) is 5.75 Å². The van der Waals surface area contributed by atoms with Crippen molar-refractivity contribution >= 4 is 38.1 Å². The van der Waals surface area contributed by atoms with E-state index in [2.05, 4.69) is 10.0 Å². The minimum absolute atomic E-state index is 0.109. The summed E-state index contributed by atoms with van der Waals surface area (Å²) in [6, 6.07) is 23.4. The average molecular weight is 475 g/mol. The molecule has 34 heavy (non-hydrogen) atoms. The van der Waals surface area contributed by atoms with Crippen molar-refractivity contribution in [2.24, 2.45) is 0 Å². The van der Waals surface area contributed by atoms with E-state index in [1.807, 2.05) is 75.4 Å². The van der Waals surface area contributed by atoms with E-state index in [0.29, 0.717) is 17.1 Å². The quantitative estimate of drug-likeness (QED) is 0.366. The summed E-state index contributed by atoms with van der Waals surface area (Å²) >= 11 is 0. The highest BCUT2D eigenvalue weighted by molar-refractivity contribution is 7.92. The second-order valence-electron chi connectivity index (χ2n) is 8.25. The Morgan fingerprint density at radius 2 is 1.47 bits per heavy atom. The first-order valence-corrected chi connectivity index (χ1v) is 12.3. The molecule has 0 saturated carbocycles. The molecule has 0 fully saturated rings. The van der Waals surface area contributed by atoms with Crippen LogP contribution >= 0.6 is 0 Å². The number of amides is 1. The first kappa shape index (κ1) is 23.3. The molecule has 0 bridgehead atoms. The number of aryl methyl sites for hydroxylation is 3. The van der Waals surface area contributed by atoms with Crippen LogP contribution in [0.2, 0.25) is 0 Å². The lowest BCUT2D eigenvalue weighted by Gasteiger charge is -2.14. The van der Waals surface area contributed by atoms with E-state index >= 15 is 0 Å². The lowest BCUT2D eigenvalue weighted by molar-refractivity contribution is -0.118. The Morgan fingerprint density at radius 3 is 2.15 bits per heavy atom. The van der Waals surface area contributed by atoms with Crippen LogP contribution in [-0.4, -0.2) is 20.9 Å². The van der Waals surface area contributed by atoms with Crippen LogP contribution < -0.4 is 14.8 Å². The zero-order chi connectivity index (χ0) is 24.3. The highest BCUT2D eigenvalue weighted by atomic mass is 32.2. The molecule has 0 aromatic heterocycles. The molecule has 0 radical (unpaired) electrons. The topological polar surface area (TPSA) is 84.5 Å². The van der Waals surface area contributed by atoms with Crippen molar-refractivity contribution in [2.45, 2.75) is 25.7 Å². The monoisotopic (exact) mass is 474 g/mol. The maximum atomic E-state index is 12.9. The molecule has 0 spiro atoms. The third kappa shape index (κ3) is 5.38. The largest absolute Gasteiger partial charge is 0.484 e. The molecule has 0 unspecified atom stereocenters. The van der Waals surface area contributed by atoms with Gasteiger partial charge in [-0.05, 0) is 79.1 Å². The van der Waals surface area contributed by atoms with E-state index in [1.165, 1.54) is 12.1 Å². The highest BCUT2D eigenvalue weighted by Gasteiger charge is 2.17. The molecule has 6 nitrogen and oxygen atoms in total. The summed E-state index contributed by atoms with van der Waals surface area (Å²) in [7, 11) is -3.77. The van der Waals surface area contributed by atoms with E-state index in [-0.39, 0.29) is 17.4 Å². The van der Waals surface area contributed by atoms with Gasteiger partial charge in [0.05, 0.1) is 10.6 Å². The Balaban J connectivity index is 1.38. The number of nitrogens with one attached hydrogen (secondary N) is 2. The number of hydrogen-bond donors (Lipinski definition) is 2. The third-order valence-electron chi connectivity index (χ3n) is 5.45. The van der Waals surface area contributed by atoms with E-state index in [9.17, 15) is 13.2 Å². The van der Waals surface area contributed by atoms with Gasteiger partial charge in [0.25, 0.3) is 15.9 Å². The first-order valence-electron chi connectivity index (χ1n) is 10.8. The number of rotatable bonds is 7. The van der Waals surface area contributed by atoms with Crippen LogP contribution in [0.15, 0.2) is 83.8 Å². The van der Waals surface area contributed by atoms with Gasteiger partial charge in [-0.2, -0.15) is 0 Å². The second kappa shape index (κ2) is 9.57. The van der Waals surface area contributed by atoms with Crippen molar-refractivity contribution in [3.8, 4) is 5.75 Å². The Kier molecular flexibility index (Phi) is 6.56. The van der Waals surface area contributed by atoms with Crippen LogP contribution in [0.25, 0.3) is 10.8 Å². The van der Waals surface area contributed by atoms with Gasteiger partial charge in [0, 0.05) is 5.69 Å². The van der Waals surface area contributed by atoms with Crippen molar-refractivity contribution < 1.29 is 17.9 Å². The molecular formula is C27H26N2O4S. The SMILES string of the molecule is Cc1cc(C)c(NS(=O)(=O)c2ccc(NC(=O)COc3ccc4ccccc4c3)cc2)c(C)c1. The Bertz CT molecular complexity index is 1440. The van der Waals surface area contributed by atoms with Gasteiger partial charge in [0.15, 0.2) is 6.61 Å². The lowest BCUT2D eigenvalue weighted by atomic mass is 10.1. The van der Waals surface area contributed by atoms with Crippen LogP contribution in [0.5, 0.6) is 5.75 Å². The number of sulfonamides is 1. The second-order valence-corrected chi connectivity index (χ2v) is 9.93. The number of hydrogen-bond acceptors (Lipinski definition) is 4. The summed E-state index contributed by atoms with van der Waals surface area (Å²) in [4.78, 5) is 12.4. The smallest absolute Gasteiger partial charge is 0.262 e. The predicted octanol–water partition coefficient (Wildman–Crippen LogP) is 5.58. The summed E-state index contributed by atoms with van der Waals surface area (Å²) in [5, 5.41) is 4.85. The molecule has 4 rings (SSSR count). The Hall–Kier alpha value is -3.84. The molecule has 0 aliphatic heterocycles. The average Bonchev–Trinajstić information content (AvgIpc) is 2.80. The van der Waals surface area contributed by atoms with E-state index in [4.69, 9.17) is 4.74 Å². The molecule has 4 aromatic rings. The van der Waals surface area contributed by atoms with Crippen LogP contribution in [0.1, 0.15) is 16.7 Å². The van der Waals surface area contributed by atoms with Crippen LogP contribution in [-0.2, 0) is 14.8 Å². The van der Waals surface area contributed by atoms with Crippen LogP contribution in [0.3, 0.4) is 0 Å².